The standard InChI is InChI=1S/C19H23NO3/c21-18(13-14-5-1-2-6-14)20-10-4-8-16(20)15-7-3-9-17-19(15)23-12-11-22-17/h1,3,5,7,9,14,16H,2,4,6,8,10-13H2/t14-,16-/m1/s1. The molecule has 0 unspecified atom stereocenters. The maximum absolute atomic E-state index is 12.8. The largest absolute Gasteiger partial charge is 0.486 e. The third-order valence-electron chi connectivity index (χ3n) is 5.08. The van der Waals surface area contributed by atoms with Crippen molar-refractivity contribution in [2.24, 2.45) is 5.92 Å². The summed E-state index contributed by atoms with van der Waals surface area (Å²) in [6.07, 6.45) is 9.32. The van der Waals surface area contributed by atoms with Gasteiger partial charge in [0, 0.05) is 18.5 Å². The lowest BCUT2D eigenvalue weighted by atomic mass is 10.0. The summed E-state index contributed by atoms with van der Waals surface area (Å²) >= 11 is 0. The van der Waals surface area contributed by atoms with Crippen LogP contribution in [0.25, 0.3) is 0 Å². The van der Waals surface area contributed by atoms with Crippen LogP contribution < -0.4 is 9.47 Å². The van der Waals surface area contributed by atoms with Crippen LogP contribution in [0.3, 0.4) is 0 Å². The molecule has 23 heavy (non-hydrogen) atoms. The first-order chi connectivity index (χ1) is 11.3. The number of carbonyl (C=O) groups is 1. The van der Waals surface area contributed by atoms with Crippen LogP contribution in [0.4, 0.5) is 0 Å². The maximum Gasteiger partial charge on any atom is 0.223 e. The number of hydrogen-bond acceptors (Lipinski definition) is 3. The molecular formula is C19H23NO3. The van der Waals surface area contributed by atoms with Gasteiger partial charge < -0.3 is 14.4 Å². The molecule has 1 aromatic carbocycles. The fraction of sp³-hybridized carbons (Fsp3) is 0.526. The van der Waals surface area contributed by atoms with Gasteiger partial charge in [-0.3, -0.25) is 4.79 Å². The molecule has 1 fully saturated rings. The Morgan fingerprint density at radius 3 is 3.00 bits per heavy atom. The molecule has 0 saturated carbocycles. The molecule has 3 aliphatic rings. The first-order valence-electron chi connectivity index (χ1n) is 8.67. The van der Waals surface area contributed by atoms with Crippen LogP contribution in [-0.2, 0) is 4.79 Å². The van der Waals surface area contributed by atoms with Gasteiger partial charge in [0.15, 0.2) is 11.5 Å². The summed E-state index contributed by atoms with van der Waals surface area (Å²) < 4.78 is 11.5. The molecule has 1 aromatic rings. The average molecular weight is 313 g/mol. The number of amides is 1. The molecule has 2 atom stereocenters. The number of para-hydroxylation sites is 1. The van der Waals surface area contributed by atoms with Gasteiger partial charge in [0.1, 0.15) is 13.2 Å². The Labute approximate surface area is 137 Å². The number of likely N-dealkylation sites (tertiary alicyclic amines) is 1. The maximum atomic E-state index is 12.8. The van der Waals surface area contributed by atoms with Crippen molar-refractivity contribution in [1.29, 1.82) is 0 Å². The molecule has 0 spiro atoms. The highest BCUT2D eigenvalue weighted by Gasteiger charge is 2.34. The number of ether oxygens (including phenoxy) is 2. The quantitative estimate of drug-likeness (QED) is 0.802. The van der Waals surface area contributed by atoms with E-state index in [0.717, 1.165) is 49.3 Å². The lowest BCUT2D eigenvalue weighted by molar-refractivity contribution is -0.132. The van der Waals surface area contributed by atoms with Crippen LogP contribution in [0, 0.1) is 5.92 Å². The van der Waals surface area contributed by atoms with Crippen molar-refractivity contribution in [3.8, 4) is 11.5 Å². The van der Waals surface area contributed by atoms with E-state index in [9.17, 15) is 4.79 Å². The Hall–Kier alpha value is -1.97. The molecule has 0 bridgehead atoms. The summed E-state index contributed by atoms with van der Waals surface area (Å²) in [6, 6.07) is 6.16. The van der Waals surface area contributed by atoms with E-state index in [-0.39, 0.29) is 11.9 Å². The zero-order valence-electron chi connectivity index (χ0n) is 13.4. The summed E-state index contributed by atoms with van der Waals surface area (Å²) in [6.45, 7) is 2.03. The summed E-state index contributed by atoms with van der Waals surface area (Å²) in [5.41, 5.74) is 1.11. The van der Waals surface area contributed by atoms with Crippen LogP contribution >= 0.6 is 0 Å². The van der Waals surface area contributed by atoms with Gasteiger partial charge in [-0.05, 0) is 37.7 Å². The van der Waals surface area contributed by atoms with Crippen molar-refractivity contribution < 1.29 is 14.3 Å². The van der Waals surface area contributed by atoms with E-state index < -0.39 is 0 Å². The SMILES string of the molecule is O=C(C[C@@H]1C=CCC1)N1CCC[C@@H]1c1cccc2c1OCCO2. The molecule has 122 valence electrons. The molecular weight excluding hydrogens is 290 g/mol. The van der Waals surface area contributed by atoms with E-state index in [2.05, 4.69) is 23.1 Å². The number of fused-ring (bicyclic) bond motifs is 1. The smallest absolute Gasteiger partial charge is 0.223 e. The van der Waals surface area contributed by atoms with E-state index in [1.165, 1.54) is 0 Å². The Balaban J connectivity index is 1.56. The number of nitrogens with zero attached hydrogens (tertiary/aromatic N) is 1. The summed E-state index contributed by atoms with van der Waals surface area (Å²) in [7, 11) is 0. The summed E-state index contributed by atoms with van der Waals surface area (Å²) in [5.74, 6) is 2.35. The molecule has 2 heterocycles. The Morgan fingerprint density at radius 2 is 2.13 bits per heavy atom. The Bertz CT molecular complexity index is 625. The lowest BCUT2D eigenvalue weighted by Crippen LogP contribution is -2.32. The van der Waals surface area contributed by atoms with E-state index in [0.29, 0.717) is 25.6 Å². The minimum Gasteiger partial charge on any atom is -0.486 e. The van der Waals surface area contributed by atoms with Gasteiger partial charge in [-0.2, -0.15) is 0 Å². The van der Waals surface area contributed by atoms with Crippen molar-refractivity contribution in [3.63, 3.8) is 0 Å². The van der Waals surface area contributed by atoms with E-state index in [1.54, 1.807) is 0 Å². The highest BCUT2D eigenvalue weighted by atomic mass is 16.6. The molecule has 0 aromatic heterocycles. The van der Waals surface area contributed by atoms with Crippen LogP contribution in [0.1, 0.15) is 43.7 Å². The van der Waals surface area contributed by atoms with E-state index in [1.807, 2.05) is 12.1 Å². The minimum atomic E-state index is 0.129. The second kappa shape index (κ2) is 6.26. The van der Waals surface area contributed by atoms with Crippen molar-refractivity contribution >= 4 is 5.91 Å². The lowest BCUT2D eigenvalue weighted by Gasteiger charge is -2.29. The van der Waals surface area contributed by atoms with Gasteiger partial charge in [-0.15, -0.1) is 0 Å². The molecule has 4 heteroatoms. The van der Waals surface area contributed by atoms with Crippen LogP contribution in [0.5, 0.6) is 11.5 Å². The first kappa shape index (κ1) is 14.6. The number of hydrogen-bond donors (Lipinski definition) is 0. The average Bonchev–Trinajstić information content (AvgIpc) is 3.25. The zero-order valence-corrected chi connectivity index (χ0v) is 13.4. The normalized spacial score (nSPS) is 25.8. The number of allylic oxidation sites excluding steroid dienone is 2. The molecule has 1 amide bonds. The fourth-order valence-electron chi connectivity index (χ4n) is 3.95. The summed E-state index contributed by atoms with van der Waals surface area (Å²) in [4.78, 5) is 14.8. The Kier molecular flexibility index (Phi) is 3.98. The summed E-state index contributed by atoms with van der Waals surface area (Å²) in [5, 5.41) is 0. The Morgan fingerprint density at radius 1 is 1.22 bits per heavy atom. The molecule has 0 N–H and O–H groups in total. The topological polar surface area (TPSA) is 38.8 Å². The molecule has 4 nitrogen and oxygen atoms in total. The first-order valence-corrected chi connectivity index (χ1v) is 8.67. The zero-order chi connectivity index (χ0) is 15.6. The molecule has 2 aliphatic heterocycles. The van der Waals surface area contributed by atoms with E-state index in [4.69, 9.17) is 9.47 Å². The fourth-order valence-corrected chi connectivity index (χ4v) is 3.95. The van der Waals surface area contributed by atoms with Crippen molar-refractivity contribution in [2.75, 3.05) is 19.8 Å². The van der Waals surface area contributed by atoms with Crippen molar-refractivity contribution in [2.45, 2.75) is 38.1 Å². The highest BCUT2D eigenvalue weighted by Crippen LogP contribution is 2.43. The molecule has 1 saturated heterocycles. The van der Waals surface area contributed by atoms with Gasteiger partial charge in [0.05, 0.1) is 6.04 Å². The van der Waals surface area contributed by atoms with Gasteiger partial charge in [0.2, 0.25) is 5.91 Å². The van der Waals surface area contributed by atoms with Crippen molar-refractivity contribution in [3.05, 3.63) is 35.9 Å². The second-order valence-electron chi connectivity index (χ2n) is 6.59. The molecule has 0 radical (unpaired) electrons. The third-order valence-corrected chi connectivity index (χ3v) is 5.08. The van der Waals surface area contributed by atoms with Gasteiger partial charge in [-0.25, -0.2) is 0 Å². The molecule has 4 rings (SSSR count). The number of rotatable bonds is 3. The molecule has 1 aliphatic carbocycles. The minimum absolute atomic E-state index is 0.129. The number of benzene rings is 1. The van der Waals surface area contributed by atoms with Gasteiger partial charge >= 0.3 is 0 Å². The predicted octanol–water partition coefficient (Wildman–Crippen LogP) is 3.48. The highest BCUT2D eigenvalue weighted by molar-refractivity contribution is 5.78. The monoisotopic (exact) mass is 313 g/mol. The third kappa shape index (κ3) is 2.82. The number of carbonyl (C=O) groups excluding carboxylic acids is 1. The van der Waals surface area contributed by atoms with E-state index >= 15 is 0 Å². The van der Waals surface area contributed by atoms with Crippen LogP contribution in [-0.4, -0.2) is 30.6 Å². The predicted molar refractivity (Wildman–Crippen MR) is 87.6 cm³/mol. The van der Waals surface area contributed by atoms with Crippen LogP contribution in [0.2, 0.25) is 0 Å². The van der Waals surface area contributed by atoms with Gasteiger partial charge in [-0.1, -0.05) is 24.3 Å². The van der Waals surface area contributed by atoms with Crippen LogP contribution in [0.15, 0.2) is 30.4 Å². The van der Waals surface area contributed by atoms with Gasteiger partial charge in [0.25, 0.3) is 0 Å². The van der Waals surface area contributed by atoms with Crippen molar-refractivity contribution in [1.82, 2.24) is 4.90 Å². The second-order valence-corrected chi connectivity index (χ2v) is 6.59.